The van der Waals surface area contributed by atoms with Crippen molar-refractivity contribution < 1.29 is 14.3 Å². The predicted octanol–water partition coefficient (Wildman–Crippen LogP) is 5.60. The molecule has 1 N–H and O–H groups in total. The summed E-state index contributed by atoms with van der Waals surface area (Å²) in [5.74, 6) is 0.960. The Kier molecular flexibility index (Phi) is 5.95. The normalized spacial score (nSPS) is 10.5. The number of nitrogens with one attached hydrogen (secondary N) is 1. The van der Waals surface area contributed by atoms with Gasteiger partial charge in [-0.3, -0.25) is 10.1 Å². The lowest BCUT2D eigenvalue weighted by Crippen LogP contribution is -2.13. The van der Waals surface area contributed by atoms with Gasteiger partial charge in [-0.05, 0) is 52.3 Å². The zero-order valence-corrected chi connectivity index (χ0v) is 17.9. The molecule has 0 saturated carbocycles. The van der Waals surface area contributed by atoms with Crippen molar-refractivity contribution in [1.29, 1.82) is 0 Å². The third kappa shape index (κ3) is 4.08. The quantitative estimate of drug-likeness (QED) is 0.498. The first-order chi connectivity index (χ1) is 12.5. The van der Waals surface area contributed by atoms with E-state index >= 15 is 0 Å². The summed E-state index contributed by atoms with van der Waals surface area (Å²) >= 11 is 8.15. The summed E-state index contributed by atoms with van der Waals surface area (Å²) in [6.07, 6.45) is 0. The van der Waals surface area contributed by atoms with Gasteiger partial charge in [-0.25, -0.2) is 4.98 Å². The topological polar surface area (TPSA) is 60.5 Å². The molecular formula is C18H14Br2N2O3S. The lowest BCUT2D eigenvalue weighted by molar-refractivity contribution is 0.102. The number of methoxy groups -OCH3 is 2. The van der Waals surface area contributed by atoms with E-state index in [1.165, 1.54) is 18.4 Å². The fourth-order valence-corrected chi connectivity index (χ4v) is 4.43. The summed E-state index contributed by atoms with van der Waals surface area (Å²) in [7, 11) is 3.15. The molecule has 0 fully saturated rings. The zero-order chi connectivity index (χ0) is 18.7. The van der Waals surface area contributed by atoms with Crippen molar-refractivity contribution in [3.05, 3.63) is 56.3 Å². The maximum Gasteiger partial charge on any atom is 0.261 e. The van der Waals surface area contributed by atoms with E-state index in [1.54, 1.807) is 13.2 Å². The van der Waals surface area contributed by atoms with Crippen LogP contribution in [-0.4, -0.2) is 25.1 Å². The number of hydrogen-bond acceptors (Lipinski definition) is 5. The third-order valence-corrected chi connectivity index (χ3v) is 5.37. The van der Waals surface area contributed by atoms with E-state index in [-0.39, 0.29) is 5.91 Å². The van der Waals surface area contributed by atoms with Crippen LogP contribution >= 0.6 is 43.2 Å². The molecule has 3 aromatic rings. The van der Waals surface area contributed by atoms with Gasteiger partial charge in [0.05, 0.1) is 29.9 Å². The molecule has 0 aliphatic carbocycles. The van der Waals surface area contributed by atoms with E-state index in [4.69, 9.17) is 9.47 Å². The fourth-order valence-electron chi connectivity index (χ4n) is 2.33. The SMILES string of the molecule is COc1ccc(-c2csc(NC(=O)c3cc(Br)cc(Br)c3OC)n2)cc1. The number of carbonyl (C=O) groups is 1. The number of carbonyl (C=O) groups excluding carboxylic acids is 1. The minimum atomic E-state index is -0.292. The van der Waals surface area contributed by atoms with E-state index in [0.29, 0.717) is 20.9 Å². The zero-order valence-electron chi connectivity index (χ0n) is 13.9. The van der Waals surface area contributed by atoms with Crippen LogP contribution in [0.3, 0.4) is 0 Å². The Morgan fingerprint density at radius 3 is 2.50 bits per heavy atom. The molecule has 134 valence electrons. The van der Waals surface area contributed by atoms with Crippen LogP contribution in [0.15, 0.2) is 50.7 Å². The molecule has 1 aromatic heterocycles. The molecule has 1 amide bonds. The van der Waals surface area contributed by atoms with Crippen molar-refractivity contribution in [2.45, 2.75) is 0 Å². The largest absolute Gasteiger partial charge is 0.497 e. The number of nitrogens with zero attached hydrogens (tertiary/aromatic N) is 1. The van der Waals surface area contributed by atoms with Crippen molar-refractivity contribution in [2.24, 2.45) is 0 Å². The number of benzene rings is 2. The molecule has 8 heteroatoms. The van der Waals surface area contributed by atoms with Gasteiger partial charge < -0.3 is 9.47 Å². The number of ether oxygens (including phenoxy) is 2. The van der Waals surface area contributed by atoms with Crippen LogP contribution in [0.1, 0.15) is 10.4 Å². The van der Waals surface area contributed by atoms with Crippen LogP contribution in [0.25, 0.3) is 11.3 Å². The van der Waals surface area contributed by atoms with E-state index in [0.717, 1.165) is 21.5 Å². The summed E-state index contributed by atoms with van der Waals surface area (Å²) in [6, 6.07) is 11.1. The standard InChI is InChI=1S/C18H14Br2N2O3S/c1-24-12-5-3-10(4-6-12)15-9-26-18(21-15)22-17(23)13-7-11(19)8-14(20)16(13)25-2/h3-9H,1-2H3,(H,21,22,23). The van der Waals surface area contributed by atoms with E-state index in [2.05, 4.69) is 42.2 Å². The molecule has 0 aliphatic heterocycles. The number of aromatic nitrogens is 1. The summed E-state index contributed by atoms with van der Waals surface area (Å²) in [5, 5.41) is 5.23. The number of thiazole rings is 1. The maximum atomic E-state index is 12.6. The Balaban J connectivity index is 1.82. The number of rotatable bonds is 5. The average molecular weight is 498 g/mol. The van der Waals surface area contributed by atoms with E-state index < -0.39 is 0 Å². The van der Waals surface area contributed by atoms with Crippen LogP contribution in [0.4, 0.5) is 5.13 Å². The lowest BCUT2D eigenvalue weighted by atomic mass is 10.2. The van der Waals surface area contributed by atoms with E-state index in [1.807, 2.05) is 35.7 Å². The minimum absolute atomic E-state index is 0.292. The van der Waals surface area contributed by atoms with E-state index in [9.17, 15) is 4.79 Å². The van der Waals surface area contributed by atoms with Crippen LogP contribution in [0.2, 0.25) is 0 Å². The number of anilines is 1. The van der Waals surface area contributed by atoms with Crippen molar-refractivity contribution in [2.75, 3.05) is 19.5 Å². The van der Waals surface area contributed by atoms with Gasteiger partial charge in [0.15, 0.2) is 5.13 Å². The maximum absolute atomic E-state index is 12.6. The first-order valence-electron chi connectivity index (χ1n) is 7.46. The molecule has 26 heavy (non-hydrogen) atoms. The second-order valence-corrected chi connectivity index (χ2v) is 7.82. The van der Waals surface area contributed by atoms with Gasteiger partial charge >= 0.3 is 0 Å². The molecule has 1 heterocycles. The molecular weight excluding hydrogens is 484 g/mol. The summed E-state index contributed by atoms with van der Waals surface area (Å²) in [6.45, 7) is 0. The number of amides is 1. The van der Waals surface area contributed by atoms with Gasteiger partial charge in [-0.1, -0.05) is 15.9 Å². The monoisotopic (exact) mass is 496 g/mol. The molecule has 0 unspecified atom stereocenters. The van der Waals surface area contributed by atoms with Crippen LogP contribution in [0, 0.1) is 0 Å². The molecule has 0 atom stereocenters. The second-order valence-electron chi connectivity index (χ2n) is 5.19. The Morgan fingerprint density at radius 2 is 1.85 bits per heavy atom. The highest BCUT2D eigenvalue weighted by atomic mass is 79.9. The van der Waals surface area contributed by atoms with Gasteiger partial charge in [-0.2, -0.15) is 0 Å². The lowest BCUT2D eigenvalue weighted by Gasteiger charge is -2.10. The third-order valence-electron chi connectivity index (χ3n) is 3.57. The molecule has 0 aliphatic rings. The Morgan fingerprint density at radius 1 is 1.12 bits per heavy atom. The first kappa shape index (κ1) is 18.9. The Hall–Kier alpha value is -1.90. The highest BCUT2D eigenvalue weighted by Crippen LogP contribution is 2.33. The smallest absolute Gasteiger partial charge is 0.261 e. The highest BCUT2D eigenvalue weighted by molar-refractivity contribution is 9.11. The van der Waals surface area contributed by atoms with Crippen LogP contribution in [0.5, 0.6) is 11.5 Å². The molecule has 2 aromatic carbocycles. The molecule has 0 spiro atoms. The van der Waals surface area contributed by atoms with Gasteiger partial charge in [0.25, 0.3) is 5.91 Å². The molecule has 3 rings (SSSR count). The first-order valence-corrected chi connectivity index (χ1v) is 9.92. The van der Waals surface area contributed by atoms with Crippen molar-refractivity contribution in [3.8, 4) is 22.8 Å². The van der Waals surface area contributed by atoms with Gasteiger partial charge in [0.1, 0.15) is 11.5 Å². The van der Waals surface area contributed by atoms with Gasteiger partial charge in [0, 0.05) is 15.4 Å². The van der Waals surface area contributed by atoms with Gasteiger partial charge in [0.2, 0.25) is 0 Å². The second kappa shape index (κ2) is 8.20. The molecule has 0 saturated heterocycles. The number of halogens is 2. The minimum Gasteiger partial charge on any atom is -0.497 e. The summed E-state index contributed by atoms with van der Waals surface area (Å²) < 4.78 is 12.0. The number of hydrogen-bond donors (Lipinski definition) is 1. The molecule has 0 bridgehead atoms. The van der Waals surface area contributed by atoms with Crippen molar-refractivity contribution in [3.63, 3.8) is 0 Å². The predicted molar refractivity (Wildman–Crippen MR) is 110 cm³/mol. The fraction of sp³-hybridized carbons (Fsp3) is 0.111. The van der Waals surface area contributed by atoms with Crippen LogP contribution in [-0.2, 0) is 0 Å². The average Bonchev–Trinajstić information content (AvgIpc) is 3.09. The highest BCUT2D eigenvalue weighted by Gasteiger charge is 2.18. The summed E-state index contributed by atoms with van der Waals surface area (Å²) in [4.78, 5) is 17.1. The Labute approximate surface area is 171 Å². The molecule has 0 radical (unpaired) electrons. The van der Waals surface area contributed by atoms with Gasteiger partial charge in [-0.15, -0.1) is 11.3 Å². The van der Waals surface area contributed by atoms with Crippen molar-refractivity contribution in [1.82, 2.24) is 4.98 Å². The summed E-state index contributed by atoms with van der Waals surface area (Å²) in [5.41, 5.74) is 2.15. The van der Waals surface area contributed by atoms with Crippen molar-refractivity contribution >= 4 is 54.2 Å². The Bertz CT molecular complexity index is 942. The molecule has 5 nitrogen and oxygen atoms in total. The van der Waals surface area contributed by atoms with Crippen LogP contribution < -0.4 is 14.8 Å².